The van der Waals surface area contributed by atoms with Crippen LogP contribution >= 0.6 is 0 Å². The molecule has 4 aromatic carbocycles. The molecule has 2 unspecified atom stereocenters. The van der Waals surface area contributed by atoms with E-state index in [9.17, 15) is 0 Å². The van der Waals surface area contributed by atoms with Crippen LogP contribution in [0.2, 0.25) is 0 Å². The molecule has 0 saturated carbocycles. The number of aryl methyl sites for hydroxylation is 4. The number of nitrogens with two attached hydrogens (primary N) is 2. The van der Waals surface area contributed by atoms with E-state index in [1.54, 1.807) is 0 Å². The molecule has 0 radical (unpaired) electrons. The first-order chi connectivity index (χ1) is 23.8. The summed E-state index contributed by atoms with van der Waals surface area (Å²) in [6.07, 6.45) is 4.85. The summed E-state index contributed by atoms with van der Waals surface area (Å²) in [5.74, 6) is 3.82. The number of benzene rings is 4. The second-order valence-corrected chi connectivity index (χ2v) is 17.0. The Balaban J connectivity index is 0.00000224. The van der Waals surface area contributed by atoms with Crippen molar-refractivity contribution in [1.82, 2.24) is 0 Å². The van der Waals surface area contributed by atoms with E-state index in [0.717, 1.165) is 34.2 Å². The van der Waals surface area contributed by atoms with Crippen molar-refractivity contribution in [1.29, 1.82) is 0 Å². The summed E-state index contributed by atoms with van der Waals surface area (Å²) < 4.78 is 13.4. The van der Waals surface area contributed by atoms with Gasteiger partial charge in [0.25, 0.3) is 0 Å². The van der Waals surface area contributed by atoms with Gasteiger partial charge in [0.15, 0.2) is 0 Å². The first-order valence-electron chi connectivity index (χ1n) is 17.0. The van der Waals surface area contributed by atoms with E-state index < -0.39 is 23.2 Å². The van der Waals surface area contributed by atoms with Crippen LogP contribution in [-0.4, -0.2) is 0 Å². The topological polar surface area (TPSA) is 78.3 Å². The van der Waals surface area contributed by atoms with Crippen LogP contribution in [0.3, 0.4) is 0 Å². The molecule has 0 fully saturated rings. The minimum absolute atomic E-state index is 0. The summed E-state index contributed by atoms with van der Waals surface area (Å²) in [4.78, 5) is 0. The number of allylic oxidation sites excluding steroid dienone is 2. The number of furan rings is 2. The zero-order valence-corrected chi connectivity index (χ0v) is 33.2. The Labute approximate surface area is 324 Å². The Morgan fingerprint density at radius 3 is 1.24 bits per heavy atom. The number of halogens is 2. The van der Waals surface area contributed by atoms with Gasteiger partial charge in [-0.3, -0.25) is 0 Å². The number of hydrogen-bond acceptors (Lipinski definition) is 4. The van der Waals surface area contributed by atoms with Gasteiger partial charge in [0.2, 0.25) is 0 Å². The molecule has 256 valence electrons. The van der Waals surface area contributed by atoms with Crippen LogP contribution in [0, 0.1) is 27.7 Å². The number of fused-ring (bicyclic) bond motifs is 2. The molecule has 2 aromatic heterocycles. The molecule has 8 rings (SSSR count). The smallest absolute Gasteiger partial charge is 1.00 e. The average Bonchev–Trinajstić information content (AvgIpc) is 3.91. The van der Waals surface area contributed by atoms with E-state index in [0.29, 0.717) is 13.1 Å². The third-order valence-corrected chi connectivity index (χ3v) is 14.9. The van der Waals surface area contributed by atoms with Crippen molar-refractivity contribution in [2.75, 3.05) is 0 Å². The third kappa shape index (κ3) is 6.72. The van der Waals surface area contributed by atoms with Gasteiger partial charge in [0.1, 0.15) is 0 Å². The molecule has 2 atom stereocenters. The molecule has 0 saturated heterocycles. The number of rotatable bonds is 8. The van der Waals surface area contributed by atoms with Crippen LogP contribution in [-0.2, 0) is 36.3 Å². The van der Waals surface area contributed by atoms with Crippen LogP contribution in [0.5, 0.6) is 0 Å². The average molecular weight is 791 g/mol. The van der Waals surface area contributed by atoms with Crippen LogP contribution in [0.4, 0.5) is 0 Å². The monoisotopic (exact) mass is 788 g/mol. The molecule has 2 aliphatic rings. The molecular weight excluding hydrogens is 751 g/mol. The maximum Gasteiger partial charge on any atom is -1.00 e. The SMILES string of the molecule is Cc1ccc(C2=Cc3c(ccc(C)c3-c3ccc(CN)cc3)[CH]2[Zr+2][CH]2C(c3ccc(C)o3)=Cc3c2ccc(C)c3-c2ccc(CN)cc2)o1.[Cl-].[Cl-]. The molecule has 0 bridgehead atoms. The summed E-state index contributed by atoms with van der Waals surface area (Å²) in [7, 11) is 0. The second kappa shape index (κ2) is 15.1. The molecule has 2 heterocycles. The molecule has 7 heteroatoms. The fraction of sp³-hybridized carbons (Fsp3) is 0.182. The van der Waals surface area contributed by atoms with Gasteiger partial charge < -0.3 is 24.8 Å². The molecule has 0 amide bonds. The third-order valence-electron chi connectivity index (χ3n) is 10.2. The van der Waals surface area contributed by atoms with Gasteiger partial charge in [-0.25, -0.2) is 0 Å². The largest absolute Gasteiger partial charge is 1.00 e. The Morgan fingerprint density at radius 2 is 0.902 bits per heavy atom. The first kappa shape index (κ1) is 37.1. The minimum atomic E-state index is -1.35. The first-order valence-corrected chi connectivity index (χ1v) is 19.9. The van der Waals surface area contributed by atoms with E-state index >= 15 is 0 Å². The molecule has 2 aliphatic carbocycles. The van der Waals surface area contributed by atoms with Crippen LogP contribution < -0.4 is 36.3 Å². The molecular formula is C44H40Cl2N2O2Zr. The Morgan fingerprint density at radius 1 is 0.510 bits per heavy atom. The molecule has 51 heavy (non-hydrogen) atoms. The van der Waals surface area contributed by atoms with Gasteiger partial charge in [-0.1, -0.05) is 0 Å². The summed E-state index contributed by atoms with van der Waals surface area (Å²) in [6, 6.07) is 35.4. The second-order valence-electron chi connectivity index (χ2n) is 13.4. The molecule has 4 N–H and O–H groups in total. The maximum absolute atomic E-state index is 6.40. The molecule has 0 aliphatic heterocycles. The van der Waals surface area contributed by atoms with Crippen LogP contribution in [0.1, 0.15) is 74.8 Å². The quantitative estimate of drug-likeness (QED) is 0.241. The van der Waals surface area contributed by atoms with Crippen molar-refractivity contribution in [2.24, 2.45) is 11.5 Å². The maximum atomic E-state index is 6.40. The van der Waals surface area contributed by atoms with Crippen molar-refractivity contribution in [3.63, 3.8) is 0 Å². The molecule has 4 nitrogen and oxygen atoms in total. The van der Waals surface area contributed by atoms with Gasteiger partial charge in [-0.2, -0.15) is 0 Å². The van der Waals surface area contributed by atoms with Gasteiger partial charge in [0, 0.05) is 0 Å². The molecule has 0 spiro atoms. The zero-order valence-electron chi connectivity index (χ0n) is 29.2. The van der Waals surface area contributed by atoms with E-state index in [-0.39, 0.29) is 32.1 Å². The molecule has 6 aromatic rings. The Kier molecular flexibility index (Phi) is 11.0. The summed E-state index contributed by atoms with van der Waals surface area (Å²) in [5.41, 5.74) is 29.8. The Hall–Kier alpha value is -3.70. The van der Waals surface area contributed by atoms with E-state index in [1.807, 2.05) is 13.8 Å². The van der Waals surface area contributed by atoms with Crippen molar-refractivity contribution in [3.05, 3.63) is 165 Å². The predicted molar refractivity (Wildman–Crippen MR) is 197 cm³/mol. The fourth-order valence-electron chi connectivity index (χ4n) is 7.63. The van der Waals surface area contributed by atoms with Gasteiger partial charge in [0.05, 0.1) is 0 Å². The van der Waals surface area contributed by atoms with Gasteiger partial charge in [-0.15, -0.1) is 0 Å². The van der Waals surface area contributed by atoms with Gasteiger partial charge in [-0.05, 0) is 0 Å². The van der Waals surface area contributed by atoms with Crippen molar-refractivity contribution >= 4 is 23.3 Å². The Bertz CT molecular complexity index is 2120. The predicted octanol–water partition coefficient (Wildman–Crippen LogP) is 4.34. The minimum Gasteiger partial charge on any atom is -1.00 e. The summed E-state index contributed by atoms with van der Waals surface area (Å²) >= 11 is -1.35. The zero-order chi connectivity index (χ0) is 33.8. The van der Waals surface area contributed by atoms with E-state index in [2.05, 4.69) is 123 Å². The van der Waals surface area contributed by atoms with Crippen molar-refractivity contribution in [3.8, 4) is 22.3 Å². The van der Waals surface area contributed by atoms with Crippen LogP contribution in [0.25, 0.3) is 45.6 Å². The fourth-order valence-corrected chi connectivity index (χ4v) is 12.6. The number of hydrogen-bond donors (Lipinski definition) is 2. The standard InChI is InChI=1S/2C22H20NO.2ClH.Zr/c2*1-14-3-7-18-11-19(21-10-4-15(2)24-21)12-20(18)22(14)17-8-5-16(13-23)6-9-17;;;/h2*3-12H,13,23H2,1-2H3;2*1H;/q;;;;+2/p-2. The normalized spacial score (nSPS) is 15.6. The van der Waals surface area contributed by atoms with Crippen molar-refractivity contribution in [2.45, 2.75) is 48.0 Å². The van der Waals surface area contributed by atoms with Crippen LogP contribution in [0.15, 0.2) is 106 Å². The summed E-state index contributed by atoms with van der Waals surface area (Å²) in [6.45, 7) is 9.59. The van der Waals surface area contributed by atoms with E-state index in [4.69, 9.17) is 20.3 Å². The van der Waals surface area contributed by atoms with Crippen molar-refractivity contribution < 1.29 is 56.9 Å². The summed E-state index contributed by atoms with van der Waals surface area (Å²) in [5, 5.41) is 0. The van der Waals surface area contributed by atoms with E-state index in [1.165, 1.54) is 66.8 Å². The van der Waals surface area contributed by atoms with Gasteiger partial charge >= 0.3 is 302 Å².